The molecule has 2 rings (SSSR count). The average molecular weight is 384 g/mol. The molecule has 0 unspecified atom stereocenters. The van der Waals surface area contributed by atoms with Gasteiger partial charge in [0, 0.05) is 13.6 Å². The van der Waals surface area contributed by atoms with E-state index in [1.165, 1.54) is 35.6 Å². The van der Waals surface area contributed by atoms with Crippen LogP contribution in [0.3, 0.4) is 0 Å². The van der Waals surface area contributed by atoms with Gasteiger partial charge < -0.3 is 4.74 Å². The van der Waals surface area contributed by atoms with Gasteiger partial charge in [0.2, 0.25) is 20.0 Å². The quantitative estimate of drug-likeness (QED) is 0.779. The van der Waals surface area contributed by atoms with E-state index in [1.54, 1.807) is 24.3 Å². The highest BCUT2D eigenvalue weighted by molar-refractivity contribution is 7.89. The second-order valence-electron chi connectivity index (χ2n) is 5.35. The van der Waals surface area contributed by atoms with Crippen molar-refractivity contribution in [2.75, 3.05) is 13.7 Å². The summed E-state index contributed by atoms with van der Waals surface area (Å²) in [5.74, 6) is 0.718. The molecule has 0 fully saturated rings. The monoisotopic (exact) mass is 384 g/mol. The molecule has 0 aliphatic rings. The molecule has 0 heterocycles. The van der Waals surface area contributed by atoms with Crippen LogP contribution >= 0.6 is 0 Å². The van der Waals surface area contributed by atoms with Gasteiger partial charge in [-0.2, -0.15) is 4.31 Å². The number of benzene rings is 2. The van der Waals surface area contributed by atoms with Crippen molar-refractivity contribution in [2.24, 2.45) is 5.14 Å². The lowest BCUT2D eigenvalue weighted by molar-refractivity contribution is 0.340. The molecular weight excluding hydrogens is 364 g/mol. The standard InChI is InChI=1S/C16H20N2O5S2/c1-3-23-14-6-4-13(5-7-14)12-18(2)25(21,22)16-10-8-15(9-11-16)24(17,19)20/h4-11H,3,12H2,1-2H3,(H2,17,19,20). The average Bonchev–Trinajstić information content (AvgIpc) is 2.56. The third-order valence-electron chi connectivity index (χ3n) is 3.50. The molecule has 0 aliphatic carbocycles. The number of sulfonamides is 2. The van der Waals surface area contributed by atoms with Crippen molar-refractivity contribution in [1.82, 2.24) is 4.31 Å². The molecule has 0 spiro atoms. The molecule has 0 bridgehead atoms. The fourth-order valence-corrected chi connectivity index (χ4v) is 3.86. The van der Waals surface area contributed by atoms with Gasteiger partial charge in [0.25, 0.3) is 0 Å². The van der Waals surface area contributed by atoms with E-state index in [1.807, 2.05) is 6.92 Å². The summed E-state index contributed by atoms with van der Waals surface area (Å²) in [6.45, 7) is 2.61. The van der Waals surface area contributed by atoms with E-state index in [9.17, 15) is 16.8 Å². The predicted molar refractivity (Wildman–Crippen MR) is 94.1 cm³/mol. The smallest absolute Gasteiger partial charge is 0.243 e. The first-order valence-corrected chi connectivity index (χ1v) is 10.4. The Labute approximate surface area is 148 Å². The van der Waals surface area contributed by atoms with Gasteiger partial charge in [-0.15, -0.1) is 0 Å². The minimum atomic E-state index is -3.86. The molecule has 0 aromatic heterocycles. The predicted octanol–water partition coefficient (Wildman–Crippen LogP) is 1.55. The summed E-state index contributed by atoms with van der Waals surface area (Å²) < 4.78 is 54.2. The van der Waals surface area contributed by atoms with Gasteiger partial charge in [-0.05, 0) is 48.9 Å². The molecule has 0 atom stereocenters. The van der Waals surface area contributed by atoms with Crippen molar-refractivity contribution in [3.8, 4) is 5.75 Å². The number of hydrogen-bond acceptors (Lipinski definition) is 5. The van der Waals surface area contributed by atoms with Crippen LogP contribution in [-0.4, -0.2) is 34.8 Å². The number of hydrogen-bond donors (Lipinski definition) is 1. The van der Waals surface area contributed by atoms with E-state index in [0.717, 1.165) is 11.3 Å². The molecule has 2 aromatic carbocycles. The normalized spacial score (nSPS) is 12.3. The van der Waals surface area contributed by atoms with Crippen LogP contribution in [0.4, 0.5) is 0 Å². The number of nitrogens with zero attached hydrogens (tertiary/aromatic N) is 1. The molecule has 25 heavy (non-hydrogen) atoms. The highest BCUT2D eigenvalue weighted by Crippen LogP contribution is 2.20. The summed E-state index contributed by atoms with van der Waals surface area (Å²) in [5.41, 5.74) is 0.802. The molecule has 0 saturated carbocycles. The number of ether oxygens (including phenoxy) is 1. The lowest BCUT2D eigenvalue weighted by Gasteiger charge is -2.17. The molecule has 136 valence electrons. The van der Waals surface area contributed by atoms with Crippen LogP contribution in [0.15, 0.2) is 58.3 Å². The second-order valence-corrected chi connectivity index (χ2v) is 8.96. The Morgan fingerprint density at radius 1 is 0.920 bits per heavy atom. The Morgan fingerprint density at radius 3 is 1.92 bits per heavy atom. The van der Waals surface area contributed by atoms with Crippen LogP contribution in [0.2, 0.25) is 0 Å². The largest absolute Gasteiger partial charge is 0.494 e. The summed E-state index contributed by atoms with van der Waals surface area (Å²) in [5, 5.41) is 5.01. The Hall–Kier alpha value is -1.94. The third kappa shape index (κ3) is 4.79. The lowest BCUT2D eigenvalue weighted by Crippen LogP contribution is -2.26. The van der Waals surface area contributed by atoms with Gasteiger partial charge in [-0.3, -0.25) is 0 Å². The van der Waals surface area contributed by atoms with Crippen molar-refractivity contribution >= 4 is 20.0 Å². The van der Waals surface area contributed by atoms with Crippen LogP contribution in [-0.2, 0) is 26.6 Å². The van der Waals surface area contributed by atoms with Crippen molar-refractivity contribution in [1.29, 1.82) is 0 Å². The number of rotatable bonds is 7. The molecule has 2 aromatic rings. The first-order chi connectivity index (χ1) is 11.6. The van der Waals surface area contributed by atoms with Crippen LogP contribution in [0, 0.1) is 0 Å². The van der Waals surface area contributed by atoms with E-state index in [0.29, 0.717) is 6.61 Å². The van der Waals surface area contributed by atoms with Crippen LogP contribution in [0.25, 0.3) is 0 Å². The number of nitrogens with two attached hydrogens (primary N) is 1. The summed E-state index contributed by atoms with van der Waals surface area (Å²) in [6.07, 6.45) is 0. The Kier molecular flexibility index (Phi) is 5.83. The topological polar surface area (TPSA) is 107 Å². The fraction of sp³-hybridized carbons (Fsp3) is 0.250. The van der Waals surface area contributed by atoms with Crippen LogP contribution < -0.4 is 9.88 Å². The van der Waals surface area contributed by atoms with Crippen molar-refractivity contribution in [2.45, 2.75) is 23.3 Å². The highest BCUT2D eigenvalue weighted by atomic mass is 32.2. The first-order valence-electron chi connectivity index (χ1n) is 7.45. The summed E-state index contributed by atoms with van der Waals surface area (Å²) in [4.78, 5) is -0.144. The zero-order chi connectivity index (χ0) is 18.7. The Bertz CT molecular complexity index is 921. The van der Waals surface area contributed by atoms with Crippen molar-refractivity contribution in [3.63, 3.8) is 0 Å². The van der Waals surface area contributed by atoms with E-state index in [-0.39, 0.29) is 16.3 Å². The molecule has 0 aliphatic heterocycles. The van der Waals surface area contributed by atoms with E-state index >= 15 is 0 Å². The van der Waals surface area contributed by atoms with E-state index in [2.05, 4.69) is 0 Å². The maximum Gasteiger partial charge on any atom is 0.243 e. The molecule has 0 saturated heterocycles. The second kappa shape index (κ2) is 7.52. The first kappa shape index (κ1) is 19.4. The van der Waals surface area contributed by atoms with E-state index < -0.39 is 20.0 Å². The maximum atomic E-state index is 12.6. The van der Waals surface area contributed by atoms with Gasteiger partial charge in [-0.1, -0.05) is 12.1 Å². The SMILES string of the molecule is CCOc1ccc(CN(C)S(=O)(=O)c2ccc(S(N)(=O)=O)cc2)cc1. The van der Waals surface area contributed by atoms with Crippen molar-refractivity contribution in [3.05, 3.63) is 54.1 Å². The molecule has 7 nitrogen and oxygen atoms in total. The molecule has 0 radical (unpaired) electrons. The van der Waals surface area contributed by atoms with E-state index in [4.69, 9.17) is 9.88 Å². The molecule has 0 amide bonds. The molecule has 2 N–H and O–H groups in total. The Balaban J connectivity index is 2.18. The maximum absolute atomic E-state index is 12.6. The summed E-state index contributed by atoms with van der Waals surface area (Å²) >= 11 is 0. The molecule has 9 heteroatoms. The van der Waals surface area contributed by atoms with Gasteiger partial charge in [0.15, 0.2) is 0 Å². The lowest BCUT2D eigenvalue weighted by atomic mass is 10.2. The Morgan fingerprint density at radius 2 is 1.44 bits per heavy atom. The van der Waals surface area contributed by atoms with Gasteiger partial charge in [-0.25, -0.2) is 22.0 Å². The summed E-state index contributed by atoms with van der Waals surface area (Å²) in [6, 6.07) is 11.9. The zero-order valence-corrected chi connectivity index (χ0v) is 15.5. The molecular formula is C16H20N2O5S2. The minimum absolute atomic E-state index is 0.00617. The third-order valence-corrected chi connectivity index (χ3v) is 6.25. The number of primary sulfonamides is 1. The van der Waals surface area contributed by atoms with Gasteiger partial charge in [0.05, 0.1) is 16.4 Å². The van der Waals surface area contributed by atoms with Gasteiger partial charge >= 0.3 is 0 Å². The van der Waals surface area contributed by atoms with Crippen LogP contribution in [0.5, 0.6) is 5.75 Å². The minimum Gasteiger partial charge on any atom is -0.494 e. The zero-order valence-electron chi connectivity index (χ0n) is 13.9. The van der Waals surface area contributed by atoms with Crippen LogP contribution in [0.1, 0.15) is 12.5 Å². The van der Waals surface area contributed by atoms with Crippen molar-refractivity contribution < 1.29 is 21.6 Å². The van der Waals surface area contributed by atoms with Gasteiger partial charge in [0.1, 0.15) is 5.75 Å². The fourth-order valence-electron chi connectivity index (χ4n) is 2.18. The summed E-state index contributed by atoms with van der Waals surface area (Å²) in [7, 11) is -6.16. The highest BCUT2D eigenvalue weighted by Gasteiger charge is 2.21.